The highest BCUT2D eigenvalue weighted by Gasteiger charge is 2.30. The predicted molar refractivity (Wildman–Crippen MR) is 101 cm³/mol. The van der Waals surface area contributed by atoms with Gasteiger partial charge in [0.1, 0.15) is 5.75 Å². The molecular weight excluding hydrogens is 350 g/mol. The molecule has 3 rings (SSSR count). The fourth-order valence-corrected chi connectivity index (χ4v) is 3.42. The molecule has 136 valence electrons. The zero-order valence-electron chi connectivity index (χ0n) is 14.8. The summed E-state index contributed by atoms with van der Waals surface area (Å²) in [5.74, 6) is -0.00491. The maximum atomic E-state index is 12.5. The van der Waals surface area contributed by atoms with E-state index in [0.29, 0.717) is 30.3 Å². The Morgan fingerprint density at radius 1 is 1.19 bits per heavy atom. The standard InChI is InChI=1S/C21H22ClNO3/c1-15-12-18(22)9-10-19(15)26-21(25)17-8-5-11-23(14-17)20(24)13-16-6-3-2-4-7-16/h2-4,6-7,9-10,12,17H,5,8,11,13-14H2,1H3. The topological polar surface area (TPSA) is 46.6 Å². The number of carbonyl (C=O) groups is 2. The van der Waals surface area contributed by atoms with Gasteiger partial charge in [-0.3, -0.25) is 9.59 Å². The van der Waals surface area contributed by atoms with E-state index >= 15 is 0 Å². The minimum absolute atomic E-state index is 0.0522. The number of likely N-dealkylation sites (tertiary alicyclic amines) is 1. The van der Waals surface area contributed by atoms with Gasteiger partial charge in [0, 0.05) is 18.1 Å². The number of halogens is 1. The number of esters is 1. The minimum atomic E-state index is -0.293. The largest absolute Gasteiger partial charge is 0.426 e. The van der Waals surface area contributed by atoms with Crippen LogP contribution in [0.5, 0.6) is 5.75 Å². The molecule has 0 spiro atoms. The number of aryl methyl sites for hydroxylation is 1. The second-order valence-corrected chi connectivity index (χ2v) is 7.11. The van der Waals surface area contributed by atoms with Gasteiger partial charge in [0.25, 0.3) is 0 Å². The Morgan fingerprint density at radius 2 is 1.96 bits per heavy atom. The van der Waals surface area contributed by atoms with Gasteiger partial charge in [0.05, 0.1) is 12.3 Å². The van der Waals surface area contributed by atoms with Crippen LogP contribution < -0.4 is 4.74 Å². The average Bonchev–Trinajstić information content (AvgIpc) is 2.65. The van der Waals surface area contributed by atoms with Crippen molar-refractivity contribution < 1.29 is 14.3 Å². The van der Waals surface area contributed by atoms with Crippen molar-refractivity contribution in [2.45, 2.75) is 26.2 Å². The number of ether oxygens (including phenoxy) is 1. The molecular formula is C21H22ClNO3. The van der Waals surface area contributed by atoms with E-state index in [1.54, 1.807) is 23.1 Å². The molecule has 1 amide bonds. The van der Waals surface area contributed by atoms with Crippen molar-refractivity contribution in [3.8, 4) is 5.75 Å². The summed E-state index contributed by atoms with van der Waals surface area (Å²) in [5.41, 5.74) is 1.80. The Morgan fingerprint density at radius 3 is 2.69 bits per heavy atom. The molecule has 1 atom stereocenters. The first-order chi connectivity index (χ1) is 12.5. The SMILES string of the molecule is Cc1cc(Cl)ccc1OC(=O)C1CCCN(C(=O)Cc2ccccc2)C1. The van der Waals surface area contributed by atoms with Gasteiger partial charge in [0.15, 0.2) is 0 Å². The van der Waals surface area contributed by atoms with Crippen LogP contribution in [0.1, 0.15) is 24.0 Å². The fraction of sp³-hybridized carbons (Fsp3) is 0.333. The lowest BCUT2D eigenvalue weighted by Gasteiger charge is -2.31. The Hall–Kier alpha value is -2.33. The van der Waals surface area contributed by atoms with E-state index in [-0.39, 0.29) is 17.8 Å². The fourth-order valence-electron chi connectivity index (χ4n) is 3.20. The smallest absolute Gasteiger partial charge is 0.316 e. The lowest BCUT2D eigenvalue weighted by molar-refractivity contribution is -0.143. The Labute approximate surface area is 158 Å². The van der Waals surface area contributed by atoms with Crippen molar-refractivity contribution in [3.63, 3.8) is 0 Å². The average molecular weight is 372 g/mol. The normalized spacial score (nSPS) is 17.0. The lowest BCUT2D eigenvalue weighted by atomic mass is 9.97. The molecule has 4 nitrogen and oxygen atoms in total. The van der Waals surface area contributed by atoms with Crippen LogP contribution in [0.15, 0.2) is 48.5 Å². The third kappa shape index (κ3) is 4.64. The predicted octanol–water partition coefficient (Wildman–Crippen LogP) is 4.04. The Bertz CT molecular complexity index is 791. The van der Waals surface area contributed by atoms with Gasteiger partial charge in [-0.2, -0.15) is 0 Å². The summed E-state index contributed by atoms with van der Waals surface area (Å²) in [5, 5.41) is 0.609. The summed E-state index contributed by atoms with van der Waals surface area (Å²) in [6, 6.07) is 14.8. The van der Waals surface area contributed by atoms with E-state index in [1.165, 1.54) is 0 Å². The molecule has 0 radical (unpaired) electrons. The molecule has 0 aromatic heterocycles. The van der Waals surface area contributed by atoms with Crippen LogP contribution >= 0.6 is 11.6 Å². The molecule has 1 unspecified atom stereocenters. The van der Waals surface area contributed by atoms with Gasteiger partial charge >= 0.3 is 5.97 Å². The molecule has 2 aromatic carbocycles. The summed E-state index contributed by atoms with van der Waals surface area (Å²) >= 11 is 5.94. The van der Waals surface area contributed by atoms with Gasteiger partial charge in [-0.25, -0.2) is 0 Å². The van der Waals surface area contributed by atoms with E-state index in [2.05, 4.69) is 0 Å². The third-order valence-electron chi connectivity index (χ3n) is 4.65. The number of carbonyl (C=O) groups excluding carboxylic acids is 2. The highest BCUT2D eigenvalue weighted by atomic mass is 35.5. The number of amides is 1. The molecule has 0 N–H and O–H groups in total. The van der Waals surface area contributed by atoms with Crippen LogP contribution in [0.2, 0.25) is 5.02 Å². The molecule has 5 heteroatoms. The molecule has 0 bridgehead atoms. The molecule has 1 saturated heterocycles. The van der Waals surface area contributed by atoms with E-state index in [1.807, 2.05) is 37.3 Å². The number of hydrogen-bond acceptors (Lipinski definition) is 3. The number of piperidine rings is 1. The van der Waals surface area contributed by atoms with Gasteiger partial charge in [-0.15, -0.1) is 0 Å². The summed E-state index contributed by atoms with van der Waals surface area (Å²) in [7, 11) is 0. The van der Waals surface area contributed by atoms with Crippen molar-refractivity contribution in [1.82, 2.24) is 4.90 Å². The first kappa shape index (κ1) is 18.5. The highest BCUT2D eigenvalue weighted by molar-refractivity contribution is 6.30. The van der Waals surface area contributed by atoms with Gasteiger partial charge in [-0.05, 0) is 49.1 Å². The van der Waals surface area contributed by atoms with E-state index in [4.69, 9.17) is 16.3 Å². The highest BCUT2D eigenvalue weighted by Crippen LogP contribution is 2.25. The Kier molecular flexibility index (Phi) is 5.94. The van der Waals surface area contributed by atoms with Crippen molar-refractivity contribution in [2.24, 2.45) is 5.92 Å². The number of nitrogens with zero attached hydrogens (tertiary/aromatic N) is 1. The Balaban J connectivity index is 1.60. The summed E-state index contributed by atoms with van der Waals surface area (Å²) in [6.07, 6.45) is 1.90. The van der Waals surface area contributed by atoms with E-state index in [9.17, 15) is 9.59 Å². The quantitative estimate of drug-likeness (QED) is 0.602. The maximum Gasteiger partial charge on any atom is 0.316 e. The van der Waals surface area contributed by atoms with Crippen molar-refractivity contribution in [1.29, 1.82) is 0 Å². The van der Waals surface area contributed by atoms with Crippen LogP contribution in [0.25, 0.3) is 0 Å². The first-order valence-corrected chi connectivity index (χ1v) is 9.20. The summed E-state index contributed by atoms with van der Waals surface area (Å²) in [4.78, 5) is 26.9. The molecule has 1 aliphatic rings. The minimum Gasteiger partial charge on any atom is -0.426 e. The van der Waals surface area contributed by atoms with Crippen molar-refractivity contribution >= 4 is 23.5 Å². The van der Waals surface area contributed by atoms with Gasteiger partial charge in [-0.1, -0.05) is 41.9 Å². The monoisotopic (exact) mass is 371 g/mol. The molecule has 0 saturated carbocycles. The third-order valence-corrected chi connectivity index (χ3v) is 4.89. The zero-order chi connectivity index (χ0) is 18.5. The summed E-state index contributed by atoms with van der Waals surface area (Å²) in [6.45, 7) is 2.96. The second kappa shape index (κ2) is 8.37. The lowest BCUT2D eigenvalue weighted by Crippen LogP contribution is -2.44. The van der Waals surface area contributed by atoms with Crippen LogP contribution in [0.4, 0.5) is 0 Å². The first-order valence-electron chi connectivity index (χ1n) is 8.82. The number of hydrogen-bond donors (Lipinski definition) is 0. The van der Waals surface area contributed by atoms with E-state index < -0.39 is 0 Å². The summed E-state index contributed by atoms with van der Waals surface area (Å²) < 4.78 is 5.55. The number of rotatable bonds is 4. The molecule has 2 aromatic rings. The van der Waals surface area contributed by atoms with Crippen LogP contribution in [-0.4, -0.2) is 29.9 Å². The van der Waals surface area contributed by atoms with Crippen molar-refractivity contribution in [3.05, 3.63) is 64.7 Å². The maximum absolute atomic E-state index is 12.5. The van der Waals surface area contributed by atoms with Crippen LogP contribution in [0, 0.1) is 12.8 Å². The van der Waals surface area contributed by atoms with Crippen LogP contribution in [0.3, 0.4) is 0 Å². The molecule has 1 fully saturated rings. The molecule has 1 heterocycles. The number of benzene rings is 2. The zero-order valence-corrected chi connectivity index (χ0v) is 15.5. The van der Waals surface area contributed by atoms with Crippen LogP contribution in [-0.2, 0) is 16.0 Å². The molecule has 26 heavy (non-hydrogen) atoms. The van der Waals surface area contributed by atoms with Crippen molar-refractivity contribution in [2.75, 3.05) is 13.1 Å². The molecule has 1 aliphatic heterocycles. The van der Waals surface area contributed by atoms with E-state index in [0.717, 1.165) is 24.0 Å². The van der Waals surface area contributed by atoms with Gasteiger partial charge in [0.2, 0.25) is 5.91 Å². The second-order valence-electron chi connectivity index (χ2n) is 6.67. The molecule has 0 aliphatic carbocycles. The van der Waals surface area contributed by atoms with Gasteiger partial charge < -0.3 is 9.64 Å².